The second-order valence-electron chi connectivity index (χ2n) is 5.36. The summed E-state index contributed by atoms with van der Waals surface area (Å²) in [5, 5.41) is 2.46. The maximum Gasteiger partial charge on any atom is 0.328 e. The second-order valence-corrected chi connectivity index (χ2v) is 5.36. The number of carbonyl (C=O) groups excluding carboxylic acids is 4. The predicted molar refractivity (Wildman–Crippen MR) is 83.0 cm³/mol. The highest BCUT2D eigenvalue weighted by atomic mass is 16.5. The molecule has 0 saturated heterocycles. The molecule has 0 aromatic carbocycles. The Balaban J connectivity index is 4.48. The summed E-state index contributed by atoms with van der Waals surface area (Å²) in [7, 11) is 4.52. The zero-order chi connectivity index (χ0) is 17.3. The normalized spacial score (nSPS) is 11.8. The molecule has 0 fully saturated rings. The highest BCUT2D eigenvalue weighted by Crippen LogP contribution is 2.10. The fourth-order valence-corrected chi connectivity index (χ4v) is 1.95. The molecule has 0 saturated carbocycles. The summed E-state index contributed by atoms with van der Waals surface area (Å²) in [6.07, 6.45) is 0.690. The van der Waals surface area contributed by atoms with Gasteiger partial charge in [-0.2, -0.15) is 0 Å². The van der Waals surface area contributed by atoms with Gasteiger partial charge in [0.05, 0.1) is 26.4 Å². The van der Waals surface area contributed by atoms with E-state index in [1.54, 1.807) is 20.9 Å². The molecule has 22 heavy (non-hydrogen) atoms. The Hall–Kier alpha value is -1.90. The van der Waals surface area contributed by atoms with Crippen molar-refractivity contribution in [2.45, 2.75) is 19.9 Å². The number of methoxy groups -OCH3 is 1. The fraction of sp³-hybridized carbons (Fsp3) is 0.692. The monoisotopic (exact) mass is 313 g/mol. The quantitative estimate of drug-likeness (QED) is 0.307. The van der Waals surface area contributed by atoms with Crippen LogP contribution in [0.15, 0.2) is 0 Å². The molecule has 124 valence electrons. The third kappa shape index (κ3) is 6.71. The Bertz CT molecular complexity index is 416. The molecule has 1 N–H and O–H groups in total. The number of esters is 1. The number of hydrogen-bond acceptors (Lipinski definition) is 6. The first-order chi connectivity index (χ1) is 10.2. The van der Waals surface area contributed by atoms with Crippen molar-refractivity contribution >= 4 is 31.4 Å². The van der Waals surface area contributed by atoms with Crippen molar-refractivity contribution in [3.05, 3.63) is 0 Å². The number of carbonyl (C=O) groups is 4. The minimum Gasteiger partial charge on any atom is -0.467 e. The van der Waals surface area contributed by atoms with Crippen molar-refractivity contribution in [1.29, 1.82) is 0 Å². The molecule has 0 spiro atoms. The summed E-state index contributed by atoms with van der Waals surface area (Å²) in [5.74, 6) is -1.38. The second kappa shape index (κ2) is 9.94. The molecule has 1 atom stereocenters. The van der Waals surface area contributed by atoms with Crippen molar-refractivity contribution in [1.82, 2.24) is 15.0 Å². The van der Waals surface area contributed by atoms with Gasteiger partial charge in [0.15, 0.2) is 0 Å². The zero-order valence-corrected chi connectivity index (χ0v) is 13.8. The lowest BCUT2D eigenvalue weighted by molar-refractivity contribution is -0.153. The van der Waals surface area contributed by atoms with Crippen molar-refractivity contribution in [2.75, 3.05) is 34.3 Å². The van der Waals surface area contributed by atoms with Gasteiger partial charge in [-0.1, -0.05) is 13.8 Å². The number of nitrogens with zero attached hydrogens (tertiary/aromatic N) is 2. The third-order valence-corrected chi connectivity index (χ3v) is 3.12. The number of amides is 2. The van der Waals surface area contributed by atoms with Crippen LogP contribution in [0.3, 0.4) is 0 Å². The summed E-state index contributed by atoms with van der Waals surface area (Å²) in [5.41, 5.74) is 0. The number of hydrogen-bond donors (Lipinski definition) is 1. The molecule has 0 bridgehead atoms. The van der Waals surface area contributed by atoms with Gasteiger partial charge >= 0.3 is 5.97 Å². The molecule has 0 aromatic heterocycles. The topological polar surface area (TPSA) is 96.0 Å². The average Bonchev–Trinajstić information content (AvgIpc) is 2.44. The standard InChI is InChI=1S/C13H24BN3O5/c1-9(2)12(13(21)22-5)17(4)11(20)6-15-10(19)7-16(3)14-8-18/h8-9,12,14H,6-7H2,1-5H3,(H,15,19)/t12-/m0/s1. The van der Waals surface area contributed by atoms with E-state index in [1.165, 1.54) is 23.9 Å². The van der Waals surface area contributed by atoms with Crippen LogP contribution in [0, 0.1) is 5.92 Å². The maximum atomic E-state index is 12.1. The molecule has 2 amide bonds. The smallest absolute Gasteiger partial charge is 0.328 e. The molecule has 9 heteroatoms. The first kappa shape index (κ1) is 20.1. The van der Waals surface area contributed by atoms with Crippen LogP contribution < -0.4 is 5.32 Å². The van der Waals surface area contributed by atoms with E-state index in [-0.39, 0.29) is 32.3 Å². The number of ether oxygens (including phenoxy) is 1. The molecule has 0 rings (SSSR count). The van der Waals surface area contributed by atoms with E-state index in [9.17, 15) is 19.2 Å². The highest BCUT2D eigenvalue weighted by molar-refractivity contribution is 6.64. The summed E-state index contributed by atoms with van der Waals surface area (Å²) < 4.78 is 4.69. The van der Waals surface area contributed by atoms with Crippen molar-refractivity contribution in [3.8, 4) is 0 Å². The van der Waals surface area contributed by atoms with Crippen LogP contribution in [-0.2, 0) is 23.9 Å². The van der Waals surface area contributed by atoms with E-state index in [2.05, 4.69) is 5.32 Å². The minimum absolute atomic E-state index is 0.0142. The van der Waals surface area contributed by atoms with E-state index in [0.29, 0.717) is 6.19 Å². The van der Waals surface area contributed by atoms with E-state index >= 15 is 0 Å². The lowest BCUT2D eigenvalue weighted by atomic mass is 9.96. The van der Waals surface area contributed by atoms with Crippen LogP contribution in [0.25, 0.3) is 0 Å². The highest BCUT2D eigenvalue weighted by Gasteiger charge is 2.30. The average molecular weight is 313 g/mol. The van der Waals surface area contributed by atoms with E-state index in [0.717, 1.165) is 0 Å². The van der Waals surface area contributed by atoms with Gasteiger partial charge in [0, 0.05) is 7.05 Å². The van der Waals surface area contributed by atoms with Crippen LogP contribution in [0.4, 0.5) is 0 Å². The summed E-state index contributed by atoms with van der Waals surface area (Å²) in [4.78, 5) is 48.5. The Kier molecular flexibility index (Phi) is 9.08. The van der Waals surface area contributed by atoms with Crippen LogP contribution in [0.2, 0.25) is 0 Å². The molecule has 0 radical (unpaired) electrons. The number of likely N-dealkylation sites (N-methyl/N-ethyl adjacent to an activating group) is 2. The zero-order valence-electron chi connectivity index (χ0n) is 13.8. The fourth-order valence-electron chi connectivity index (χ4n) is 1.95. The van der Waals surface area contributed by atoms with Crippen molar-refractivity contribution in [2.24, 2.45) is 5.92 Å². The largest absolute Gasteiger partial charge is 0.467 e. The number of rotatable bonds is 9. The Morgan fingerprint density at radius 1 is 1.27 bits per heavy atom. The van der Waals surface area contributed by atoms with Crippen LogP contribution in [0.5, 0.6) is 0 Å². The Labute approximate surface area is 131 Å². The van der Waals surface area contributed by atoms with Crippen molar-refractivity contribution < 1.29 is 23.9 Å². The molecule has 0 heterocycles. The van der Waals surface area contributed by atoms with Gasteiger partial charge in [-0.05, 0) is 13.0 Å². The van der Waals surface area contributed by atoms with Gasteiger partial charge in [-0.15, -0.1) is 0 Å². The lowest BCUT2D eigenvalue weighted by Gasteiger charge is -2.29. The third-order valence-electron chi connectivity index (χ3n) is 3.12. The Morgan fingerprint density at radius 3 is 2.32 bits per heavy atom. The summed E-state index contributed by atoms with van der Waals surface area (Å²) in [6.45, 7) is 3.40. The van der Waals surface area contributed by atoms with E-state index in [1.807, 2.05) is 0 Å². The lowest BCUT2D eigenvalue weighted by Crippen LogP contribution is -2.50. The predicted octanol–water partition coefficient (Wildman–Crippen LogP) is -1.77. The molecule has 0 aliphatic carbocycles. The Morgan fingerprint density at radius 2 is 1.86 bits per heavy atom. The number of nitrogens with one attached hydrogen (secondary N) is 1. The summed E-state index contributed by atoms with van der Waals surface area (Å²) >= 11 is 0. The minimum atomic E-state index is -0.702. The molecule has 0 aliphatic rings. The van der Waals surface area contributed by atoms with Gasteiger partial charge in [0.2, 0.25) is 11.8 Å². The van der Waals surface area contributed by atoms with Gasteiger partial charge in [-0.25, -0.2) is 4.79 Å². The molecular weight excluding hydrogens is 289 g/mol. The SMILES string of the molecule is COC(=O)[C@H](C(C)C)N(C)C(=O)CNC(=O)CN(C)BC=O. The molecule has 0 aromatic rings. The van der Waals surface area contributed by atoms with Gasteiger partial charge in [-0.3, -0.25) is 9.59 Å². The summed E-state index contributed by atoms with van der Waals surface area (Å²) in [6, 6.07) is -0.702. The van der Waals surface area contributed by atoms with Crippen LogP contribution in [-0.4, -0.2) is 81.4 Å². The molecular formula is C13H24BN3O5. The first-order valence-corrected chi connectivity index (χ1v) is 6.96. The van der Waals surface area contributed by atoms with E-state index < -0.39 is 17.9 Å². The molecule has 8 nitrogen and oxygen atoms in total. The van der Waals surface area contributed by atoms with Crippen molar-refractivity contribution in [3.63, 3.8) is 0 Å². The van der Waals surface area contributed by atoms with Crippen LogP contribution >= 0.6 is 0 Å². The van der Waals surface area contributed by atoms with Gasteiger partial charge < -0.3 is 24.6 Å². The maximum absolute atomic E-state index is 12.1. The van der Waals surface area contributed by atoms with E-state index in [4.69, 9.17) is 4.74 Å². The molecule has 0 unspecified atom stereocenters. The van der Waals surface area contributed by atoms with Gasteiger partial charge in [0.25, 0.3) is 7.41 Å². The van der Waals surface area contributed by atoms with Crippen LogP contribution in [0.1, 0.15) is 13.8 Å². The first-order valence-electron chi connectivity index (χ1n) is 6.96. The van der Waals surface area contributed by atoms with Gasteiger partial charge in [0.1, 0.15) is 6.04 Å². The molecule has 0 aliphatic heterocycles.